The van der Waals surface area contributed by atoms with Crippen LogP contribution in [0, 0.1) is 17.2 Å². The molecule has 1 aliphatic carbocycles. The first-order valence-electron chi connectivity index (χ1n) is 19.9. The number of imide groups is 2. The van der Waals surface area contributed by atoms with Crippen molar-refractivity contribution in [2.24, 2.45) is 5.92 Å². The normalized spacial score (nSPS) is 25.3. The Labute approximate surface area is 353 Å². The van der Waals surface area contributed by atoms with E-state index in [1.54, 1.807) is 43.0 Å². The van der Waals surface area contributed by atoms with Crippen LogP contribution < -0.4 is 16.0 Å². The number of alkyl halides is 3. The molecule has 6 amide bonds. The number of anilines is 2. The molecule has 3 heterocycles. The van der Waals surface area contributed by atoms with Crippen LogP contribution in [0.2, 0.25) is 0 Å². The summed E-state index contributed by atoms with van der Waals surface area (Å²) in [6, 6.07) is 11.0. The molecule has 0 unspecified atom stereocenters. The highest BCUT2D eigenvalue weighted by atomic mass is 35.5. The van der Waals surface area contributed by atoms with Crippen molar-refractivity contribution in [3.63, 3.8) is 0 Å². The van der Waals surface area contributed by atoms with Gasteiger partial charge < -0.3 is 20.4 Å². The smallest absolute Gasteiger partial charge is 0.374 e. The SMILES string of the molecule is C[C@@H]1CN(CCCC2CCC(N3C(=O)N(Sc4ccc(C#N)c(C(F)(F)F)c4)C(=O)C3(C)C)CC2)C[C@H](C)N1CC(=O)Nc1cccc(N[C@@H]2CCC(=O)NC2=O)c1.Cl. The van der Waals surface area contributed by atoms with E-state index in [2.05, 4.69) is 39.6 Å². The number of nitriles is 1. The van der Waals surface area contributed by atoms with Crippen LogP contribution in [0.5, 0.6) is 0 Å². The molecule has 3 saturated heterocycles. The standard InChI is InChI=1S/C41H51F3N8O5S.ClH/c1-25-22-49(23-26(2)50(25)24-36(54)47-30-9-5-8-29(19-30)46-34-16-17-35(53)48-37(34)55)18-6-7-27-10-13-31(14-11-27)51-39(57)52(38(56)40(51,3)4)58-32-15-12-28(21-45)33(20-32)41(42,43)44;/h5,8-9,12,15,19-20,25-27,31,34,46H,6-7,10-11,13-14,16-18,22-24H2,1-4H3,(H,47,54)(H,48,53,55);1H/t25-,26+,27?,31?,34-;/m1./s1. The number of piperidine rings is 1. The van der Waals surface area contributed by atoms with Gasteiger partial charge in [-0.05, 0) is 133 Å². The first-order chi connectivity index (χ1) is 27.4. The van der Waals surface area contributed by atoms with E-state index in [9.17, 15) is 37.1 Å². The topological polar surface area (TPSA) is 158 Å². The summed E-state index contributed by atoms with van der Waals surface area (Å²) in [4.78, 5) is 70.2. The molecule has 2 aromatic rings. The zero-order valence-electron chi connectivity index (χ0n) is 33.6. The van der Waals surface area contributed by atoms with Gasteiger partial charge in [0.1, 0.15) is 11.6 Å². The number of halogens is 4. The van der Waals surface area contributed by atoms with Crippen LogP contribution in [0.25, 0.3) is 0 Å². The highest BCUT2D eigenvalue weighted by molar-refractivity contribution is 7.98. The minimum atomic E-state index is -4.75. The van der Waals surface area contributed by atoms with E-state index in [1.165, 1.54) is 6.07 Å². The Morgan fingerprint density at radius 1 is 0.983 bits per heavy atom. The van der Waals surface area contributed by atoms with Gasteiger partial charge in [0.2, 0.25) is 17.7 Å². The second-order valence-corrected chi connectivity index (χ2v) is 17.5. The molecule has 0 spiro atoms. The Kier molecular flexibility index (Phi) is 14.7. The van der Waals surface area contributed by atoms with Gasteiger partial charge in [0, 0.05) is 53.9 Å². The molecule has 59 heavy (non-hydrogen) atoms. The highest BCUT2D eigenvalue weighted by Gasteiger charge is 2.54. The second-order valence-electron chi connectivity index (χ2n) is 16.4. The number of carbonyl (C=O) groups excluding carboxylic acids is 5. The van der Waals surface area contributed by atoms with Crippen LogP contribution >= 0.6 is 24.4 Å². The van der Waals surface area contributed by atoms with E-state index >= 15 is 0 Å². The van der Waals surface area contributed by atoms with Crippen molar-refractivity contribution < 1.29 is 37.1 Å². The lowest BCUT2D eigenvalue weighted by Crippen LogP contribution is -2.58. The summed E-state index contributed by atoms with van der Waals surface area (Å²) in [7, 11) is 0. The fraction of sp³-hybridized carbons (Fsp3) is 0.561. The zero-order valence-corrected chi connectivity index (χ0v) is 35.3. The van der Waals surface area contributed by atoms with Crippen LogP contribution in [0.15, 0.2) is 47.4 Å². The monoisotopic (exact) mass is 860 g/mol. The van der Waals surface area contributed by atoms with E-state index < -0.39 is 40.8 Å². The van der Waals surface area contributed by atoms with Crippen molar-refractivity contribution in [3.05, 3.63) is 53.6 Å². The Balaban J connectivity index is 0.00000661. The van der Waals surface area contributed by atoms with Crippen molar-refractivity contribution in [1.29, 1.82) is 5.26 Å². The average molecular weight is 861 g/mol. The minimum Gasteiger partial charge on any atom is -0.374 e. The van der Waals surface area contributed by atoms with Crippen LogP contribution in [0.3, 0.4) is 0 Å². The number of hydrogen-bond donors (Lipinski definition) is 3. The molecule has 2 aromatic carbocycles. The molecular formula is C41H52ClF3N8O5S. The number of nitrogens with zero attached hydrogens (tertiary/aromatic N) is 5. The third kappa shape index (κ3) is 10.7. The molecule has 6 rings (SSSR count). The number of carbonyl (C=O) groups is 5. The maximum absolute atomic E-state index is 13.7. The number of piperazine rings is 1. The number of benzene rings is 2. The number of amides is 6. The van der Waals surface area contributed by atoms with Gasteiger partial charge in [-0.1, -0.05) is 6.07 Å². The molecule has 3 aliphatic heterocycles. The van der Waals surface area contributed by atoms with Crippen molar-refractivity contribution in [1.82, 2.24) is 24.3 Å². The molecule has 0 bridgehead atoms. The third-order valence-electron chi connectivity index (χ3n) is 11.8. The predicted octanol–water partition coefficient (Wildman–Crippen LogP) is 6.64. The van der Waals surface area contributed by atoms with Gasteiger partial charge in [-0.15, -0.1) is 12.4 Å². The maximum Gasteiger partial charge on any atom is 0.417 e. The van der Waals surface area contributed by atoms with Crippen LogP contribution in [-0.2, 0) is 25.4 Å². The summed E-state index contributed by atoms with van der Waals surface area (Å²) in [5, 5.41) is 17.6. The zero-order chi connectivity index (χ0) is 41.9. The molecule has 0 aromatic heterocycles. The van der Waals surface area contributed by atoms with E-state index in [1.807, 2.05) is 6.07 Å². The van der Waals surface area contributed by atoms with Gasteiger partial charge in [-0.25, -0.2) is 4.79 Å². The first-order valence-corrected chi connectivity index (χ1v) is 20.7. The average Bonchev–Trinajstić information content (AvgIpc) is 3.32. The third-order valence-corrected chi connectivity index (χ3v) is 12.8. The van der Waals surface area contributed by atoms with Gasteiger partial charge in [0.15, 0.2) is 0 Å². The van der Waals surface area contributed by atoms with Gasteiger partial charge >= 0.3 is 12.2 Å². The lowest BCUT2D eigenvalue weighted by Gasteiger charge is -2.44. The van der Waals surface area contributed by atoms with Crippen molar-refractivity contribution in [2.75, 3.05) is 36.8 Å². The predicted molar refractivity (Wildman–Crippen MR) is 219 cm³/mol. The van der Waals surface area contributed by atoms with Crippen molar-refractivity contribution in [3.8, 4) is 6.07 Å². The second kappa shape index (κ2) is 18.9. The van der Waals surface area contributed by atoms with Gasteiger partial charge in [-0.3, -0.25) is 29.4 Å². The number of rotatable bonds is 12. The number of urea groups is 1. The van der Waals surface area contributed by atoms with Gasteiger partial charge in [0.25, 0.3) is 5.91 Å². The lowest BCUT2D eigenvalue weighted by atomic mass is 9.81. The van der Waals surface area contributed by atoms with Crippen molar-refractivity contribution in [2.45, 2.75) is 120 Å². The van der Waals surface area contributed by atoms with E-state index in [0.29, 0.717) is 35.7 Å². The Hall–Kier alpha value is -4.37. The molecule has 1 saturated carbocycles. The molecule has 3 atom stereocenters. The lowest BCUT2D eigenvalue weighted by molar-refractivity contribution is -0.138. The van der Waals surface area contributed by atoms with Crippen molar-refractivity contribution >= 4 is 65.4 Å². The van der Waals surface area contributed by atoms with Crippen LogP contribution in [-0.4, -0.2) is 105 Å². The first kappa shape index (κ1) is 45.7. The Morgan fingerprint density at radius 2 is 1.66 bits per heavy atom. The summed E-state index contributed by atoms with van der Waals surface area (Å²) in [5.41, 5.74) is -1.49. The number of nitrogens with one attached hydrogen (secondary N) is 3. The molecular weight excluding hydrogens is 809 g/mol. The fourth-order valence-corrected chi connectivity index (χ4v) is 9.81. The van der Waals surface area contributed by atoms with E-state index in [-0.39, 0.29) is 66.1 Å². The quantitative estimate of drug-likeness (QED) is 0.120. The summed E-state index contributed by atoms with van der Waals surface area (Å²) >= 11 is 0.657. The van der Waals surface area contributed by atoms with Crippen LogP contribution in [0.4, 0.5) is 29.3 Å². The Morgan fingerprint density at radius 3 is 2.31 bits per heavy atom. The summed E-state index contributed by atoms with van der Waals surface area (Å²) < 4.78 is 41.7. The molecule has 0 radical (unpaired) electrons. The number of hydrogen-bond acceptors (Lipinski definition) is 10. The molecule has 4 aliphatic rings. The summed E-state index contributed by atoms with van der Waals surface area (Å²) in [6.45, 7) is 10.5. The van der Waals surface area contributed by atoms with Gasteiger partial charge in [0.05, 0.1) is 23.7 Å². The van der Waals surface area contributed by atoms with E-state index in [0.717, 1.165) is 74.6 Å². The molecule has 18 heteroatoms. The summed E-state index contributed by atoms with van der Waals surface area (Å²) in [5.74, 6) is -0.766. The molecule has 4 fully saturated rings. The van der Waals surface area contributed by atoms with Gasteiger partial charge in [-0.2, -0.15) is 22.7 Å². The van der Waals surface area contributed by atoms with E-state index in [4.69, 9.17) is 5.26 Å². The molecule has 3 N–H and O–H groups in total. The minimum absolute atomic E-state index is 0. The largest absolute Gasteiger partial charge is 0.417 e. The maximum atomic E-state index is 13.7. The fourth-order valence-electron chi connectivity index (χ4n) is 8.83. The summed E-state index contributed by atoms with van der Waals surface area (Å²) in [6.07, 6.45) is 1.25. The van der Waals surface area contributed by atoms with Crippen LogP contribution in [0.1, 0.15) is 90.2 Å². The molecule has 13 nitrogen and oxygen atoms in total. The molecule has 320 valence electrons. The Bertz CT molecular complexity index is 1940. The highest BCUT2D eigenvalue weighted by Crippen LogP contribution is 2.42.